The molecule has 0 rings (SSSR count). The van der Waals surface area contributed by atoms with Gasteiger partial charge in [-0.2, -0.15) is 0 Å². The Morgan fingerprint density at radius 1 is 1.23 bits per heavy atom. The normalized spacial score (nSPS) is 10.4. The van der Waals surface area contributed by atoms with E-state index in [1.807, 2.05) is 0 Å². The van der Waals surface area contributed by atoms with Crippen LogP contribution in [0.5, 0.6) is 0 Å². The van der Waals surface area contributed by atoms with Crippen molar-refractivity contribution in [1.82, 2.24) is 0 Å². The lowest BCUT2D eigenvalue weighted by molar-refractivity contribution is 0.0899. The first-order valence-corrected chi connectivity index (χ1v) is 4.98. The molecular weight excluding hydrogens is 168 g/mol. The highest BCUT2D eigenvalue weighted by atomic mass is 16.7. The van der Waals surface area contributed by atoms with E-state index in [4.69, 9.17) is 5.11 Å². The van der Waals surface area contributed by atoms with Gasteiger partial charge in [-0.3, -0.25) is 0 Å². The largest absolute Gasteiger partial charge is 0.505 e. The molecule has 0 bridgehead atoms. The Morgan fingerprint density at radius 3 is 2.38 bits per heavy atom. The average Bonchev–Trinajstić information content (AvgIpc) is 2.01. The highest BCUT2D eigenvalue weighted by Gasteiger charge is 1.96. The standard InChI is InChI=1S/C10H20O3/c1-9(2)7-5-3-4-6-8-13-10(11)12/h9H,3-8H2,1-2H3,(H,11,12). The molecule has 78 valence electrons. The summed E-state index contributed by atoms with van der Waals surface area (Å²) in [6.07, 6.45) is 4.44. The average molecular weight is 188 g/mol. The molecule has 0 amide bonds. The molecule has 0 unspecified atom stereocenters. The topological polar surface area (TPSA) is 46.5 Å². The number of carboxylic acid groups (broad SMARTS) is 1. The van der Waals surface area contributed by atoms with E-state index in [9.17, 15) is 4.79 Å². The molecule has 13 heavy (non-hydrogen) atoms. The molecule has 1 N–H and O–H groups in total. The van der Waals surface area contributed by atoms with E-state index < -0.39 is 6.16 Å². The summed E-state index contributed by atoms with van der Waals surface area (Å²) in [5.74, 6) is 0.773. The van der Waals surface area contributed by atoms with Gasteiger partial charge in [0.05, 0.1) is 6.61 Å². The predicted molar refractivity (Wildman–Crippen MR) is 51.9 cm³/mol. The van der Waals surface area contributed by atoms with Crippen LogP contribution in [0, 0.1) is 5.92 Å². The number of rotatable bonds is 7. The number of hydrogen-bond acceptors (Lipinski definition) is 2. The van der Waals surface area contributed by atoms with Crippen molar-refractivity contribution >= 4 is 6.16 Å². The van der Waals surface area contributed by atoms with Crippen LogP contribution in [-0.4, -0.2) is 17.9 Å². The van der Waals surface area contributed by atoms with Gasteiger partial charge in [-0.15, -0.1) is 0 Å². The van der Waals surface area contributed by atoms with Gasteiger partial charge in [0.15, 0.2) is 0 Å². The molecule has 0 aliphatic carbocycles. The maximum Gasteiger partial charge on any atom is 0.505 e. The molecule has 0 aliphatic rings. The molecule has 0 radical (unpaired) electrons. The molecule has 0 saturated carbocycles. The summed E-state index contributed by atoms with van der Waals surface area (Å²) < 4.78 is 4.39. The first-order chi connectivity index (χ1) is 6.13. The van der Waals surface area contributed by atoms with Crippen LogP contribution in [0.25, 0.3) is 0 Å². The zero-order chi connectivity index (χ0) is 10.1. The van der Waals surface area contributed by atoms with Crippen molar-refractivity contribution in [3.63, 3.8) is 0 Å². The van der Waals surface area contributed by atoms with E-state index in [1.54, 1.807) is 0 Å². The number of hydrogen-bond donors (Lipinski definition) is 1. The second-order valence-electron chi connectivity index (χ2n) is 3.71. The van der Waals surface area contributed by atoms with Crippen molar-refractivity contribution in [3.8, 4) is 0 Å². The Labute approximate surface area is 80.1 Å². The molecule has 0 atom stereocenters. The second-order valence-corrected chi connectivity index (χ2v) is 3.71. The molecule has 0 heterocycles. The Bertz CT molecular complexity index is 132. The molecule has 3 nitrogen and oxygen atoms in total. The van der Waals surface area contributed by atoms with E-state index in [-0.39, 0.29) is 0 Å². The first kappa shape index (κ1) is 12.3. The minimum absolute atomic E-state index is 0.344. The number of ether oxygens (including phenoxy) is 1. The quantitative estimate of drug-likeness (QED) is 0.492. The van der Waals surface area contributed by atoms with Crippen LogP contribution in [0.2, 0.25) is 0 Å². The molecule has 0 aliphatic heterocycles. The molecule has 0 aromatic heterocycles. The zero-order valence-corrected chi connectivity index (χ0v) is 8.58. The summed E-state index contributed by atoms with van der Waals surface area (Å²) in [6.45, 7) is 4.78. The molecular formula is C10H20O3. The summed E-state index contributed by atoms with van der Waals surface area (Å²) in [6, 6.07) is 0. The molecule has 3 heteroatoms. The van der Waals surface area contributed by atoms with Gasteiger partial charge >= 0.3 is 6.16 Å². The van der Waals surface area contributed by atoms with Gasteiger partial charge in [-0.05, 0) is 12.3 Å². The van der Waals surface area contributed by atoms with Crippen LogP contribution in [0.15, 0.2) is 0 Å². The van der Waals surface area contributed by atoms with Crippen LogP contribution in [0.3, 0.4) is 0 Å². The van der Waals surface area contributed by atoms with Crippen molar-refractivity contribution in [3.05, 3.63) is 0 Å². The fourth-order valence-electron chi connectivity index (χ4n) is 1.17. The van der Waals surface area contributed by atoms with Crippen molar-refractivity contribution in [2.45, 2.75) is 46.0 Å². The van der Waals surface area contributed by atoms with E-state index in [1.165, 1.54) is 19.3 Å². The van der Waals surface area contributed by atoms with Gasteiger partial charge in [-0.25, -0.2) is 4.79 Å². The van der Waals surface area contributed by atoms with Gasteiger partial charge < -0.3 is 9.84 Å². The number of carbonyl (C=O) groups is 1. The SMILES string of the molecule is CC(C)CCCCCCOC(=O)O. The monoisotopic (exact) mass is 188 g/mol. The fourth-order valence-corrected chi connectivity index (χ4v) is 1.17. The van der Waals surface area contributed by atoms with Crippen molar-refractivity contribution in [2.24, 2.45) is 5.92 Å². The summed E-state index contributed by atoms with van der Waals surface area (Å²) in [4.78, 5) is 9.96. The molecule has 0 spiro atoms. The fraction of sp³-hybridized carbons (Fsp3) is 0.900. The van der Waals surface area contributed by atoms with Gasteiger partial charge in [-0.1, -0.05) is 39.5 Å². The Hall–Kier alpha value is -0.730. The van der Waals surface area contributed by atoms with E-state index >= 15 is 0 Å². The number of unbranched alkanes of at least 4 members (excludes halogenated alkanes) is 3. The Balaban J connectivity index is 2.96. The smallest absolute Gasteiger partial charge is 0.450 e. The van der Waals surface area contributed by atoms with E-state index in [0.717, 1.165) is 18.8 Å². The van der Waals surface area contributed by atoms with E-state index in [2.05, 4.69) is 18.6 Å². The lowest BCUT2D eigenvalue weighted by Gasteiger charge is -2.03. The minimum atomic E-state index is -1.16. The van der Waals surface area contributed by atoms with E-state index in [0.29, 0.717) is 6.61 Å². The van der Waals surface area contributed by atoms with Crippen LogP contribution in [0.4, 0.5) is 4.79 Å². The maximum atomic E-state index is 9.96. The Morgan fingerprint density at radius 2 is 1.85 bits per heavy atom. The first-order valence-electron chi connectivity index (χ1n) is 4.98. The van der Waals surface area contributed by atoms with Gasteiger partial charge in [0.1, 0.15) is 0 Å². The van der Waals surface area contributed by atoms with Crippen molar-refractivity contribution in [1.29, 1.82) is 0 Å². The highest BCUT2D eigenvalue weighted by molar-refractivity contribution is 5.56. The highest BCUT2D eigenvalue weighted by Crippen LogP contribution is 2.09. The van der Waals surface area contributed by atoms with Gasteiger partial charge in [0, 0.05) is 0 Å². The molecule has 0 aromatic rings. The van der Waals surface area contributed by atoms with Crippen LogP contribution >= 0.6 is 0 Å². The third-order valence-corrected chi connectivity index (χ3v) is 1.90. The predicted octanol–water partition coefficient (Wildman–Crippen LogP) is 3.29. The minimum Gasteiger partial charge on any atom is -0.450 e. The van der Waals surface area contributed by atoms with Gasteiger partial charge in [0.2, 0.25) is 0 Å². The lowest BCUT2D eigenvalue weighted by atomic mass is 10.0. The third kappa shape index (κ3) is 11.3. The molecule has 0 aromatic carbocycles. The summed E-state index contributed by atoms with van der Waals surface area (Å²) >= 11 is 0. The maximum absolute atomic E-state index is 9.96. The Kier molecular flexibility index (Phi) is 7.45. The summed E-state index contributed by atoms with van der Waals surface area (Å²) in [5, 5.41) is 8.17. The van der Waals surface area contributed by atoms with Crippen molar-refractivity contribution in [2.75, 3.05) is 6.61 Å². The molecule has 0 saturated heterocycles. The van der Waals surface area contributed by atoms with Crippen LogP contribution < -0.4 is 0 Å². The third-order valence-electron chi connectivity index (χ3n) is 1.90. The lowest BCUT2D eigenvalue weighted by Crippen LogP contribution is -2.01. The van der Waals surface area contributed by atoms with Crippen LogP contribution in [-0.2, 0) is 4.74 Å². The van der Waals surface area contributed by atoms with Crippen molar-refractivity contribution < 1.29 is 14.6 Å². The summed E-state index contributed by atoms with van der Waals surface area (Å²) in [7, 11) is 0. The zero-order valence-electron chi connectivity index (χ0n) is 8.58. The van der Waals surface area contributed by atoms with Gasteiger partial charge in [0.25, 0.3) is 0 Å². The molecule has 0 fully saturated rings. The second kappa shape index (κ2) is 7.90. The van der Waals surface area contributed by atoms with Crippen LogP contribution in [0.1, 0.15) is 46.0 Å². The summed E-state index contributed by atoms with van der Waals surface area (Å²) in [5.41, 5.74) is 0.